The van der Waals surface area contributed by atoms with Crippen LogP contribution in [0.2, 0.25) is 0 Å². The summed E-state index contributed by atoms with van der Waals surface area (Å²) in [7, 11) is 0. The van der Waals surface area contributed by atoms with Crippen LogP contribution in [0.5, 0.6) is 0 Å². The largest absolute Gasteiger partial charge is 0.0795 e. The minimum absolute atomic E-state index is 1.15. The van der Waals surface area contributed by atoms with Gasteiger partial charge in [-0.2, -0.15) is 0 Å². The second-order valence-corrected chi connectivity index (χ2v) is 5.42. The first-order valence-electron chi connectivity index (χ1n) is 7.64. The summed E-state index contributed by atoms with van der Waals surface area (Å²) in [4.78, 5) is 0. The summed E-state index contributed by atoms with van der Waals surface area (Å²) in [5, 5.41) is 0. The molecule has 0 nitrogen and oxygen atoms in total. The Morgan fingerprint density at radius 1 is 0.889 bits per heavy atom. The van der Waals surface area contributed by atoms with Crippen LogP contribution in [-0.4, -0.2) is 0 Å². The first-order valence-corrected chi connectivity index (χ1v) is 7.64. The predicted octanol–water partition coefficient (Wildman–Crippen LogP) is 5.11. The van der Waals surface area contributed by atoms with Gasteiger partial charge in [-0.1, -0.05) is 58.3 Å². The van der Waals surface area contributed by atoms with E-state index in [0.29, 0.717) is 0 Å². The molecule has 1 aliphatic rings. The first-order chi connectivity index (χ1) is 8.81. The molecule has 0 heterocycles. The molecule has 0 amide bonds. The molecule has 0 aliphatic heterocycles. The normalized spacial score (nSPS) is 13.1. The van der Waals surface area contributed by atoms with Gasteiger partial charge >= 0.3 is 0 Å². The molecule has 0 radical (unpaired) electrons. The minimum atomic E-state index is 1.15. The van der Waals surface area contributed by atoms with Gasteiger partial charge in [0.1, 0.15) is 0 Å². The quantitative estimate of drug-likeness (QED) is 0.650. The van der Waals surface area contributed by atoms with E-state index in [9.17, 15) is 0 Å². The van der Waals surface area contributed by atoms with E-state index in [1.54, 1.807) is 27.8 Å². The van der Waals surface area contributed by atoms with Crippen molar-refractivity contribution >= 4 is 6.08 Å². The molecule has 0 saturated heterocycles. The summed E-state index contributed by atoms with van der Waals surface area (Å²) >= 11 is 0. The highest BCUT2D eigenvalue weighted by Gasteiger charge is 2.16. The Balaban J connectivity index is 2.52. The van der Waals surface area contributed by atoms with Gasteiger partial charge in [-0.25, -0.2) is 0 Å². The molecular weight excluding hydrogens is 216 g/mol. The third kappa shape index (κ3) is 2.53. The third-order valence-electron chi connectivity index (χ3n) is 3.91. The standard InChI is InChI=1S/C18H26/c1-4-8-14-13-15-11-7-12-17(15)18(10-6-3)16(14)9-5-2/h7,12-13H,4-6,8-11H2,1-3H3. The first kappa shape index (κ1) is 13.4. The number of allylic oxidation sites excluding steroid dienone is 1. The zero-order chi connectivity index (χ0) is 13.0. The van der Waals surface area contributed by atoms with Crippen molar-refractivity contribution in [1.82, 2.24) is 0 Å². The van der Waals surface area contributed by atoms with E-state index in [1.807, 2.05) is 0 Å². The van der Waals surface area contributed by atoms with Gasteiger partial charge in [0, 0.05) is 0 Å². The van der Waals surface area contributed by atoms with Crippen LogP contribution in [0.3, 0.4) is 0 Å². The second-order valence-electron chi connectivity index (χ2n) is 5.42. The Labute approximate surface area is 112 Å². The number of hydrogen-bond donors (Lipinski definition) is 0. The summed E-state index contributed by atoms with van der Waals surface area (Å²) in [6.45, 7) is 6.89. The van der Waals surface area contributed by atoms with Gasteiger partial charge in [0.2, 0.25) is 0 Å². The molecule has 18 heavy (non-hydrogen) atoms. The molecule has 0 saturated carbocycles. The van der Waals surface area contributed by atoms with E-state index in [0.717, 1.165) is 6.42 Å². The fourth-order valence-electron chi connectivity index (χ4n) is 3.20. The van der Waals surface area contributed by atoms with Crippen molar-refractivity contribution in [3.05, 3.63) is 40.0 Å². The van der Waals surface area contributed by atoms with Gasteiger partial charge < -0.3 is 0 Å². The van der Waals surface area contributed by atoms with Gasteiger partial charge in [-0.05, 0) is 53.5 Å². The zero-order valence-electron chi connectivity index (χ0n) is 12.2. The SMILES string of the molecule is CCCc1cc2c(c(CCC)c1CCC)C=CC2. The molecule has 0 aromatic heterocycles. The van der Waals surface area contributed by atoms with Crippen LogP contribution in [0.4, 0.5) is 0 Å². The fraction of sp³-hybridized carbons (Fsp3) is 0.556. The number of fused-ring (bicyclic) bond motifs is 1. The van der Waals surface area contributed by atoms with Crippen LogP contribution < -0.4 is 0 Å². The maximum atomic E-state index is 2.49. The lowest BCUT2D eigenvalue weighted by Crippen LogP contribution is -2.05. The van der Waals surface area contributed by atoms with E-state index < -0.39 is 0 Å². The number of hydrogen-bond acceptors (Lipinski definition) is 0. The third-order valence-corrected chi connectivity index (χ3v) is 3.91. The summed E-state index contributed by atoms with van der Waals surface area (Å²) in [6.07, 6.45) is 13.4. The molecular formula is C18H26. The van der Waals surface area contributed by atoms with Crippen molar-refractivity contribution in [2.45, 2.75) is 65.7 Å². The van der Waals surface area contributed by atoms with Crippen LogP contribution in [0.25, 0.3) is 6.08 Å². The summed E-state index contributed by atoms with van der Waals surface area (Å²) in [5.74, 6) is 0. The highest BCUT2D eigenvalue weighted by molar-refractivity contribution is 5.66. The number of aryl methyl sites for hydroxylation is 1. The molecule has 0 spiro atoms. The highest BCUT2D eigenvalue weighted by Crippen LogP contribution is 2.31. The van der Waals surface area contributed by atoms with Crippen LogP contribution in [0.1, 0.15) is 67.9 Å². The van der Waals surface area contributed by atoms with Crippen molar-refractivity contribution in [3.8, 4) is 0 Å². The van der Waals surface area contributed by atoms with Crippen molar-refractivity contribution in [2.24, 2.45) is 0 Å². The summed E-state index contributed by atoms with van der Waals surface area (Å²) in [5.41, 5.74) is 8.09. The monoisotopic (exact) mass is 242 g/mol. The smallest absolute Gasteiger partial charge is 0.00880 e. The second kappa shape index (κ2) is 6.22. The molecule has 2 rings (SSSR count). The molecule has 1 aliphatic carbocycles. The summed E-state index contributed by atoms with van der Waals surface area (Å²) < 4.78 is 0. The van der Waals surface area contributed by atoms with Crippen molar-refractivity contribution in [1.29, 1.82) is 0 Å². The Morgan fingerprint density at radius 3 is 2.22 bits per heavy atom. The van der Waals surface area contributed by atoms with Gasteiger partial charge in [0.15, 0.2) is 0 Å². The van der Waals surface area contributed by atoms with Crippen LogP contribution in [0, 0.1) is 0 Å². The molecule has 0 atom stereocenters. The molecule has 98 valence electrons. The fourth-order valence-corrected chi connectivity index (χ4v) is 3.20. The predicted molar refractivity (Wildman–Crippen MR) is 81.2 cm³/mol. The van der Waals surface area contributed by atoms with Crippen molar-refractivity contribution < 1.29 is 0 Å². The lowest BCUT2D eigenvalue weighted by molar-refractivity contribution is 0.821. The van der Waals surface area contributed by atoms with Gasteiger partial charge in [0.25, 0.3) is 0 Å². The average Bonchev–Trinajstić information content (AvgIpc) is 2.81. The van der Waals surface area contributed by atoms with Gasteiger partial charge in [0.05, 0.1) is 0 Å². The van der Waals surface area contributed by atoms with E-state index in [4.69, 9.17) is 0 Å². The molecule has 1 aromatic carbocycles. The molecule has 0 bridgehead atoms. The van der Waals surface area contributed by atoms with Crippen LogP contribution in [-0.2, 0) is 25.7 Å². The molecule has 0 unspecified atom stereocenters. The van der Waals surface area contributed by atoms with E-state index >= 15 is 0 Å². The Hall–Kier alpha value is -1.04. The lowest BCUT2D eigenvalue weighted by atomic mass is 9.87. The average molecular weight is 242 g/mol. The highest BCUT2D eigenvalue weighted by atomic mass is 14.2. The molecule has 0 N–H and O–H groups in total. The Morgan fingerprint density at radius 2 is 1.56 bits per heavy atom. The minimum Gasteiger partial charge on any atom is -0.0795 e. The van der Waals surface area contributed by atoms with Crippen molar-refractivity contribution in [3.63, 3.8) is 0 Å². The van der Waals surface area contributed by atoms with Crippen LogP contribution in [0.15, 0.2) is 12.1 Å². The Kier molecular flexibility index (Phi) is 4.63. The Bertz CT molecular complexity index is 438. The maximum Gasteiger partial charge on any atom is -0.00880 e. The molecule has 0 fully saturated rings. The van der Waals surface area contributed by atoms with E-state index in [1.165, 1.54) is 38.5 Å². The van der Waals surface area contributed by atoms with Crippen LogP contribution >= 0.6 is 0 Å². The van der Waals surface area contributed by atoms with E-state index in [-0.39, 0.29) is 0 Å². The maximum absolute atomic E-state index is 2.49. The van der Waals surface area contributed by atoms with Gasteiger partial charge in [-0.15, -0.1) is 0 Å². The molecule has 0 heteroatoms. The van der Waals surface area contributed by atoms with E-state index in [2.05, 4.69) is 39.0 Å². The topological polar surface area (TPSA) is 0 Å². The van der Waals surface area contributed by atoms with Gasteiger partial charge in [-0.3, -0.25) is 0 Å². The number of benzene rings is 1. The molecule has 1 aromatic rings. The lowest BCUT2D eigenvalue weighted by Gasteiger charge is -2.18. The summed E-state index contributed by atoms with van der Waals surface area (Å²) in [6, 6.07) is 2.49. The number of rotatable bonds is 6. The zero-order valence-corrected chi connectivity index (χ0v) is 12.2. The van der Waals surface area contributed by atoms with Crippen molar-refractivity contribution in [2.75, 3.05) is 0 Å².